The number of carbonyl (C=O) groups is 3. The first-order valence-electron chi connectivity index (χ1n) is 5.65. The van der Waals surface area contributed by atoms with Crippen molar-refractivity contribution in [2.45, 2.75) is 44.5 Å². The Morgan fingerprint density at radius 3 is 1.79 bits per heavy atom. The van der Waals surface area contributed by atoms with E-state index in [0.29, 0.717) is 0 Å². The summed E-state index contributed by atoms with van der Waals surface area (Å²) >= 11 is 6.01. The summed E-state index contributed by atoms with van der Waals surface area (Å²) in [6.07, 6.45) is 0.339. The Hall–Kier alpha value is -1.56. The van der Waals surface area contributed by atoms with Crippen LogP contribution in [0.25, 0.3) is 0 Å². The summed E-state index contributed by atoms with van der Waals surface area (Å²) in [5.74, 6) is -1.69. The molecule has 0 bridgehead atoms. The van der Waals surface area contributed by atoms with Crippen LogP contribution in [0, 0.1) is 0 Å². The number of halogens is 1. The van der Waals surface area contributed by atoms with Crippen LogP contribution in [-0.4, -0.2) is 41.6 Å². The smallest absolute Gasteiger partial charge is 0.303 e. The van der Waals surface area contributed by atoms with Gasteiger partial charge in [0.25, 0.3) is 0 Å². The highest BCUT2D eigenvalue weighted by Crippen LogP contribution is 2.26. The molecule has 0 fully saturated rings. The molecule has 0 aliphatic heterocycles. The second kappa shape index (κ2) is 6.56. The molecule has 0 saturated heterocycles. The van der Waals surface area contributed by atoms with E-state index in [1.54, 1.807) is 0 Å². The van der Waals surface area contributed by atoms with Gasteiger partial charge in [0.05, 0.1) is 5.38 Å². The molecule has 0 aromatic rings. The fourth-order valence-corrected chi connectivity index (χ4v) is 2.03. The first-order valence-corrected chi connectivity index (χ1v) is 6.09. The molecular weight excluding hydrogens is 276 g/mol. The standard InChI is InChI=1S/C12H15ClO6/c1-6(14)17-10-5-4-9(13)11(18-7(2)15)12(10)19-8(3)16/h4-5,9-12H,1-3H3/t9-,10-,11+,12-/m1/s1. The molecule has 1 aliphatic rings. The summed E-state index contributed by atoms with van der Waals surface area (Å²) in [5.41, 5.74) is 0. The van der Waals surface area contributed by atoms with Crippen molar-refractivity contribution in [1.29, 1.82) is 0 Å². The Morgan fingerprint density at radius 2 is 1.32 bits per heavy atom. The highest BCUT2D eigenvalue weighted by atomic mass is 35.5. The number of rotatable bonds is 3. The number of carbonyl (C=O) groups excluding carboxylic acids is 3. The van der Waals surface area contributed by atoms with Gasteiger partial charge in [0, 0.05) is 20.8 Å². The van der Waals surface area contributed by atoms with Gasteiger partial charge in [-0.2, -0.15) is 0 Å². The second-order valence-electron chi connectivity index (χ2n) is 4.05. The van der Waals surface area contributed by atoms with E-state index in [4.69, 9.17) is 25.8 Å². The lowest BCUT2D eigenvalue weighted by molar-refractivity contribution is -0.179. The normalized spacial score (nSPS) is 29.5. The largest absolute Gasteiger partial charge is 0.456 e. The quantitative estimate of drug-likeness (QED) is 0.333. The van der Waals surface area contributed by atoms with Gasteiger partial charge in [0.15, 0.2) is 18.3 Å². The Kier molecular flexibility index (Phi) is 5.35. The molecule has 0 unspecified atom stereocenters. The van der Waals surface area contributed by atoms with Gasteiger partial charge in [-0.05, 0) is 6.08 Å². The third-order valence-corrected chi connectivity index (χ3v) is 2.75. The zero-order valence-electron chi connectivity index (χ0n) is 10.8. The minimum absolute atomic E-state index is 0.540. The molecule has 0 saturated carbocycles. The van der Waals surface area contributed by atoms with Crippen LogP contribution < -0.4 is 0 Å². The van der Waals surface area contributed by atoms with Crippen molar-refractivity contribution in [2.75, 3.05) is 0 Å². The van der Waals surface area contributed by atoms with E-state index in [1.165, 1.54) is 32.9 Å². The molecule has 0 spiro atoms. The van der Waals surface area contributed by atoms with E-state index < -0.39 is 41.6 Å². The average molecular weight is 291 g/mol. The lowest BCUT2D eigenvalue weighted by atomic mass is 9.97. The molecule has 0 amide bonds. The van der Waals surface area contributed by atoms with Gasteiger partial charge >= 0.3 is 17.9 Å². The van der Waals surface area contributed by atoms with Crippen molar-refractivity contribution in [1.82, 2.24) is 0 Å². The monoisotopic (exact) mass is 290 g/mol. The van der Waals surface area contributed by atoms with Gasteiger partial charge in [0.2, 0.25) is 0 Å². The van der Waals surface area contributed by atoms with Crippen LogP contribution in [0.5, 0.6) is 0 Å². The summed E-state index contributed by atoms with van der Waals surface area (Å²) < 4.78 is 15.1. The summed E-state index contributed by atoms with van der Waals surface area (Å²) in [7, 11) is 0. The third-order valence-electron chi connectivity index (χ3n) is 2.35. The average Bonchev–Trinajstić information content (AvgIpc) is 2.25. The third kappa shape index (κ3) is 4.55. The van der Waals surface area contributed by atoms with E-state index in [2.05, 4.69) is 0 Å². The van der Waals surface area contributed by atoms with Crippen molar-refractivity contribution < 1.29 is 28.6 Å². The van der Waals surface area contributed by atoms with E-state index >= 15 is 0 Å². The van der Waals surface area contributed by atoms with E-state index in [0.717, 1.165) is 0 Å². The molecule has 0 N–H and O–H groups in total. The Bertz CT molecular complexity index is 405. The number of esters is 3. The Labute approximate surface area is 115 Å². The SMILES string of the molecule is CC(=O)O[C@@H]1[C@H](OC(C)=O)[C@H](OC(C)=O)C=C[C@H]1Cl. The van der Waals surface area contributed by atoms with E-state index in [1.807, 2.05) is 0 Å². The van der Waals surface area contributed by atoms with Crippen LogP contribution in [-0.2, 0) is 28.6 Å². The van der Waals surface area contributed by atoms with Crippen LogP contribution in [0.15, 0.2) is 12.2 Å². The fourth-order valence-electron chi connectivity index (χ4n) is 1.75. The van der Waals surface area contributed by atoms with Gasteiger partial charge in [-0.25, -0.2) is 0 Å². The molecule has 0 heterocycles. The Morgan fingerprint density at radius 1 is 0.842 bits per heavy atom. The first-order chi connectivity index (χ1) is 8.81. The van der Waals surface area contributed by atoms with Gasteiger partial charge in [-0.3, -0.25) is 14.4 Å². The molecule has 0 aromatic carbocycles. The topological polar surface area (TPSA) is 78.9 Å². The maximum atomic E-state index is 11.1. The molecule has 0 aromatic heterocycles. The number of alkyl halides is 1. The lowest BCUT2D eigenvalue weighted by Crippen LogP contribution is -2.50. The molecule has 19 heavy (non-hydrogen) atoms. The highest BCUT2D eigenvalue weighted by molar-refractivity contribution is 6.22. The van der Waals surface area contributed by atoms with E-state index in [-0.39, 0.29) is 0 Å². The van der Waals surface area contributed by atoms with Crippen molar-refractivity contribution in [2.24, 2.45) is 0 Å². The summed E-state index contributed by atoms with van der Waals surface area (Å²) in [6.45, 7) is 3.65. The van der Waals surface area contributed by atoms with Crippen molar-refractivity contribution >= 4 is 29.5 Å². The zero-order chi connectivity index (χ0) is 14.6. The van der Waals surface area contributed by atoms with Gasteiger partial charge in [0.1, 0.15) is 0 Å². The molecule has 0 radical (unpaired) electrons. The van der Waals surface area contributed by atoms with Crippen LogP contribution in [0.2, 0.25) is 0 Å². The molecular formula is C12H15ClO6. The highest BCUT2D eigenvalue weighted by Gasteiger charge is 2.42. The Balaban J connectivity index is 2.97. The van der Waals surface area contributed by atoms with Crippen molar-refractivity contribution in [3.05, 3.63) is 12.2 Å². The molecule has 7 heteroatoms. The van der Waals surface area contributed by atoms with Crippen LogP contribution in [0.1, 0.15) is 20.8 Å². The summed E-state index contributed by atoms with van der Waals surface area (Å²) in [4.78, 5) is 33.2. The van der Waals surface area contributed by atoms with E-state index in [9.17, 15) is 14.4 Å². The molecule has 1 aliphatic carbocycles. The fraction of sp³-hybridized carbons (Fsp3) is 0.583. The minimum atomic E-state index is -0.960. The van der Waals surface area contributed by atoms with Crippen LogP contribution in [0.4, 0.5) is 0 Å². The van der Waals surface area contributed by atoms with Crippen LogP contribution in [0.3, 0.4) is 0 Å². The van der Waals surface area contributed by atoms with Gasteiger partial charge in [-0.1, -0.05) is 6.08 Å². The van der Waals surface area contributed by atoms with Crippen LogP contribution >= 0.6 is 11.6 Å². The molecule has 4 atom stereocenters. The lowest BCUT2D eigenvalue weighted by Gasteiger charge is -2.35. The van der Waals surface area contributed by atoms with Crippen molar-refractivity contribution in [3.8, 4) is 0 Å². The number of ether oxygens (including phenoxy) is 3. The zero-order valence-corrected chi connectivity index (χ0v) is 11.5. The molecule has 1 rings (SSSR count). The number of hydrogen-bond acceptors (Lipinski definition) is 6. The first kappa shape index (κ1) is 15.5. The van der Waals surface area contributed by atoms with Crippen molar-refractivity contribution in [3.63, 3.8) is 0 Å². The number of hydrogen-bond donors (Lipinski definition) is 0. The van der Waals surface area contributed by atoms with Gasteiger partial charge < -0.3 is 14.2 Å². The molecule has 106 valence electrons. The summed E-state index contributed by atoms with van der Waals surface area (Å²) in [6, 6.07) is 0. The maximum Gasteiger partial charge on any atom is 0.303 e. The summed E-state index contributed by atoms with van der Waals surface area (Å²) in [5, 5.41) is -0.667. The predicted octanol–water partition coefficient (Wildman–Crippen LogP) is 0.959. The molecule has 6 nitrogen and oxygen atoms in total. The second-order valence-corrected chi connectivity index (χ2v) is 4.56. The predicted molar refractivity (Wildman–Crippen MR) is 65.4 cm³/mol. The minimum Gasteiger partial charge on any atom is -0.456 e. The van der Waals surface area contributed by atoms with Gasteiger partial charge in [-0.15, -0.1) is 11.6 Å². The maximum absolute atomic E-state index is 11.1.